The molecule has 0 aliphatic rings. The van der Waals surface area contributed by atoms with E-state index in [4.69, 9.17) is 0 Å². The fourth-order valence-corrected chi connectivity index (χ4v) is 3.90. The van der Waals surface area contributed by atoms with E-state index in [1.165, 1.54) is 11.8 Å². The van der Waals surface area contributed by atoms with Gasteiger partial charge >= 0.3 is 0 Å². The minimum absolute atomic E-state index is 0.00118. The number of thioether (sulfide) groups is 1. The Labute approximate surface area is 170 Å². The van der Waals surface area contributed by atoms with Gasteiger partial charge in [0.1, 0.15) is 10.9 Å². The van der Waals surface area contributed by atoms with Gasteiger partial charge in [0.05, 0.1) is 10.9 Å². The van der Waals surface area contributed by atoms with Crippen LogP contribution < -0.4 is 5.32 Å². The zero-order valence-corrected chi connectivity index (χ0v) is 17.5. The summed E-state index contributed by atoms with van der Waals surface area (Å²) in [6.45, 7) is 7.93. The number of nitrogens with zero attached hydrogens (tertiary/aromatic N) is 2. The van der Waals surface area contributed by atoms with Crippen LogP contribution in [0.4, 0.5) is 5.69 Å². The Hall–Kier alpha value is -2.66. The van der Waals surface area contributed by atoms with E-state index < -0.39 is 0 Å². The van der Waals surface area contributed by atoms with Gasteiger partial charge in [0.15, 0.2) is 0 Å². The number of aryl methyl sites for hydroxylation is 3. The normalized spacial score (nSPS) is 11.9. The zero-order valence-electron chi connectivity index (χ0n) is 16.7. The fraction of sp³-hybridized carbons (Fsp3) is 0.261. The highest BCUT2D eigenvalue weighted by Gasteiger charge is 2.20. The SMILES string of the molecule is CCC(Sc1cc(-c2ccccc2)nc(C)n1)C(=O)Nc1cc(C)ccc1C. The molecule has 144 valence electrons. The molecular formula is C23H25N3OS. The number of benzene rings is 2. The lowest BCUT2D eigenvalue weighted by Crippen LogP contribution is -2.25. The van der Waals surface area contributed by atoms with Crippen LogP contribution in [-0.2, 0) is 4.79 Å². The Balaban J connectivity index is 1.80. The molecule has 0 fully saturated rings. The quantitative estimate of drug-likeness (QED) is 0.440. The molecule has 1 unspecified atom stereocenters. The van der Waals surface area contributed by atoms with Crippen molar-refractivity contribution in [1.29, 1.82) is 0 Å². The monoisotopic (exact) mass is 391 g/mol. The first kappa shape index (κ1) is 20.1. The van der Waals surface area contributed by atoms with E-state index in [1.54, 1.807) is 0 Å². The molecule has 0 radical (unpaired) electrons. The highest BCUT2D eigenvalue weighted by molar-refractivity contribution is 8.00. The third kappa shape index (κ3) is 4.98. The van der Waals surface area contributed by atoms with Crippen molar-refractivity contribution in [2.24, 2.45) is 0 Å². The Morgan fingerprint density at radius 3 is 2.50 bits per heavy atom. The van der Waals surface area contributed by atoms with Crippen LogP contribution in [-0.4, -0.2) is 21.1 Å². The summed E-state index contributed by atoms with van der Waals surface area (Å²) in [6, 6.07) is 18.1. The number of rotatable bonds is 6. The van der Waals surface area contributed by atoms with Crippen molar-refractivity contribution >= 4 is 23.4 Å². The second-order valence-corrected chi connectivity index (χ2v) is 8.05. The first-order valence-corrected chi connectivity index (χ1v) is 10.3. The molecule has 3 aromatic rings. The first-order valence-electron chi connectivity index (χ1n) is 9.42. The Bertz CT molecular complexity index is 973. The average molecular weight is 392 g/mol. The maximum atomic E-state index is 12.9. The number of hydrogen-bond donors (Lipinski definition) is 1. The second-order valence-electron chi connectivity index (χ2n) is 6.83. The van der Waals surface area contributed by atoms with Crippen molar-refractivity contribution in [3.8, 4) is 11.3 Å². The number of amides is 1. The number of hydrogen-bond acceptors (Lipinski definition) is 4. The molecule has 0 bridgehead atoms. The minimum atomic E-state index is -0.224. The van der Waals surface area contributed by atoms with E-state index in [0.717, 1.165) is 33.1 Å². The molecule has 0 spiro atoms. The Kier molecular flexibility index (Phi) is 6.47. The van der Waals surface area contributed by atoms with E-state index >= 15 is 0 Å². The van der Waals surface area contributed by atoms with Crippen LogP contribution in [0.15, 0.2) is 59.6 Å². The summed E-state index contributed by atoms with van der Waals surface area (Å²) in [4.78, 5) is 22.0. The van der Waals surface area contributed by atoms with Crippen LogP contribution >= 0.6 is 11.8 Å². The molecule has 5 heteroatoms. The van der Waals surface area contributed by atoms with Gasteiger partial charge in [0.2, 0.25) is 5.91 Å². The molecule has 1 N–H and O–H groups in total. The molecule has 0 aliphatic carbocycles. The molecule has 4 nitrogen and oxygen atoms in total. The van der Waals surface area contributed by atoms with Crippen molar-refractivity contribution in [2.45, 2.75) is 44.4 Å². The number of nitrogens with one attached hydrogen (secondary N) is 1. The molecule has 1 amide bonds. The van der Waals surface area contributed by atoms with Gasteiger partial charge in [0.25, 0.3) is 0 Å². The summed E-state index contributed by atoms with van der Waals surface area (Å²) in [6.07, 6.45) is 0.713. The van der Waals surface area contributed by atoms with Gasteiger partial charge in [-0.1, -0.05) is 61.2 Å². The zero-order chi connectivity index (χ0) is 20.1. The van der Waals surface area contributed by atoms with E-state index in [9.17, 15) is 4.79 Å². The molecule has 1 heterocycles. The number of anilines is 1. The Morgan fingerprint density at radius 1 is 1.04 bits per heavy atom. The highest BCUT2D eigenvalue weighted by atomic mass is 32.2. The molecule has 28 heavy (non-hydrogen) atoms. The molecule has 2 aromatic carbocycles. The van der Waals surface area contributed by atoms with Crippen LogP contribution in [0.3, 0.4) is 0 Å². The summed E-state index contributed by atoms with van der Waals surface area (Å²) >= 11 is 1.49. The summed E-state index contributed by atoms with van der Waals surface area (Å²) in [7, 11) is 0. The molecule has 1 atom stereocenters. The van der Waals surface area contributed by atoms with Gasteiger partial charge in [-0.25, -0.2) is 9.97 Å². The highest BCUT2D eigenvalue weighted by Crippen LogP contribution is 2.29. The van der Waals surface area contributed by atoms with Crippen molar-refractivity contribution in [1.82, 2.24) is 9.97 Å². The van der Waals surface area contributed by atoms with Gasteiger partial charge in [-0.15, -0.1) is 0 Å². The molecule has 3 rings (SSSR count). The summed E-state index contributed by atoms with van der Waals surface area (Å²) in [5.74, 6) is 0.701. The van der Waals surface area contributed by atoms with E-state index in [0.29, 0.717) is 12.2 Å². The van der Waals surface area contributed by atoms with Crippen molar-refractivity contribution < 1.29 is 4.79 Å². The maximum absolute atomic E-state index is 12.9. The molecule has 0 saturated carbocycles. The largest absolute Gasteiger partial charge is 0.325 e. The maximum Gasteiger partial charge on any atom is 0.237 e. The summed E-state index contributed by atoms with van der Waals surface area (Å²) in [5.41, 5.74) is 4.97. The van der Waals surface area contributed by atoms with Gasteiger partial charge in [0, 0.05) is 11.3 Å². The van der Waals surface area contributed by atoms with E-state index in [-0.39, 0.29) is 11.2 Å². The lowest BCUT2D eigenvalue weighted by Gasteiger charge is -2.16. The number of carbonyl (C=O) groups excluding carboxylic acids is 1. The van der Waals surface area contributed by atoms with Crippen LogP contribution in [0.5, 0.6) is 0 Å². The third-order valence-electron chi connectivity index (χ3n) is 4.46. The van der Waals surface area contributed by atoms with Crippen LogP contribution in [0.25, 0.3) is 11.3 Å². The summed E-state index contributed by atoms with van der Waals surface area (Å²) in [5, 5.41) is 3.67. The third-order valence-corrected chi connectivity index (χ3v) is 5.74. The fourth-order valence-electron chi connectivity index (χ4n) is 2.91. The average Bonchev–Trinajstić information content (AvgIpc) is 2.69. The molecule has 0 aliphatic heterocycles. The van der Waals surface area contributed by atoms with Gasteiger partial charge in [-0.05, 0) is 50.5 Å². The number of aromatic nitrogens is 2. The summed E-state index contributed by atoms with van der Waals surface area (Å²) < 4.78 is 0. The van der Waals surface area contributed by atoms with Crippen LogP contribution in [0.1, 0.15) is 30.3 Å². The van der Waals surface area contributed by atoms with Crippen LogP contribution in [0.2, 0.25) is 0 Å². The number of carbonyl (C=O) groups is 1. The minimum Gasteiger partial charge on any atom is -0.325 e. The van der Waals surface area contributed by atoms with Crippen molar-refractivity contribution in [3.63, 3.8) is 0 Å². The van der Waals surface area contributed by atoms with Crippen LogP contribution in [0, 0.1) is 20.8 Å². The van der Waals surface area contributed by atoms with E-state index in [1.807, 2.05) is 82.3 Å². The topological polar surface area (TPSA) is 54.9 Å². The molecule has 0 saturated heterocycles. The van der Waals surface area contributed by atoms with Crippen molar-refractivity contribution in [2.75, 3.05) is 5.32 Å². The van der Waals surface area contributed by atoms with Gasteiger partial charge in [-0.2, -0.15) is 0 Å². The predicted octanol–water partition coefficient (Wildman–Crippen LogP) is 5.58. The Morgan fingerprint density at radius 2 is 1.79 bits per heavy atom. The van der Waals surface area contributed by atoms with Crippen molar-refractivity contribution in [3.05, 3.63) is 71.5 Å². The lowest BCUT2D eigenvalue weighted by atomic mass is 10.1. The first-order chi connectivity index (χ1) is 13.5. The van der Waals surface area contributed by atoms with E-state index in [2.05, 4.69) is 15.3 Å². The smallest absolute Gasteiger partial charge is 0.237 e. The van der Waals surface area contributed by atoms with Gasteiger partial charge < -0.3 is 5.32 Å². The standard InChI is InChI=1S/C23H25N3OS/c1-5-21(23(27)26-19-13-15(2)11-12-16(19)3)28-22-14-20(24-17(4)25-22)18-9-7-6-8-10-18/h6-14,21H,5H2,1-4H3,(H,26,27). The molecular weight excluding hydrogens is 366 g/mol. The molecule has 1 aromatic heterocycles. The predicted molar refractivity (Wildman–Crippen MR) is 117 cm³/mol. The second kappa shape index (κ2) is 9.02. The van der Waals surface area contributed by atoms with Gasteiger partial charge in [-0.3, -0.25) is 4.79 Å². The lowest BCUT2D eigenvalue weighted by molar-refractivity contribution is -0.115.